The van der Waals surface area contributed by atoms with Gasteiger partial charge in [0.25, 0.3) is 5.65 Å². The molecule has 0 saturated carbocycles. The maximum atomic E-state index is 13.7. The Morgan fingerprint density at radius 1 is 1.06 bits per heavy atom. The number of para-hydroxylation sites is 2. The fraction of sp³-hybridized carbons (Fsp3) is 0.250. The highest BCUT2D eigenvalue weighted by Gasteiger charge is 2.24. The molecule has 0 fully saturated rings. The molecule has 7 heteroatoms. The smallest absolute Gasteiger partial charge is 0.250 e. The van der Waals surface area contributed by atoms with Crippen LogP contribution in [0.15, 0.2) is 76.4 Å². The second-order valence-corrected chi connectivity index (χ2v) is 9.21. The molecule has 0 unspecified atom stereocenters. The molecule has 1 aliphatic rings. The third-order valence-electron chi connectivity index (χ3n) is 6.73. The summed E-state index contributed by atoms with van der Waals surface area (Å²) in [4.78, 5) is 26.7. The molecule has 7 nitrogen and oxygen atoms in total. The number of allylic oxidation sites excluding steroid dienone is 2. The van der Waals surface area contributed by atoms with E-state index in [9.17, 15) is 4.79 Å². The lowest BCUT2D eigenvalue weighted by Gasteiger charge is -2.11. The van der Waals surface area contributed by atoms with Gasteiger partial charge >= 0.3 is 5.56 Å². The van der Waals surface area contributed by atoms with Gasteiger partial charge in [0.1, 0.15) is 5.52 Å². The minimum absolute atomic E-state index is 0.0750. The SMILES string of the molecule is Cc1ccc(/C=N/n2c3nc4ccccc4nc3c3c(=O)n(CCC4=CCCCC4)c[nH+]c32)cc1. The summed E-state index contributed by atoms with van der Waals surface area (Å²) in [5.41, 5.74) is 6.76. The third-order valence-corrected chi connectivity index (χ3v) is 6.73. The first-order valence-corrected chi connectivity index (χ1v) is 12.2. The molecule has 0 saturated heterocycles. The second kappa shape index (κ2) is 8.91. The number of fused-ring (bicyclic) bond motifs is 4. The van der Waals surface area contributed by atoms with Crippen molar-refractivity contribution in [2.24, 2.45) is 5.10 Å². The van der Waals surface area contributed by atoms with Crippen molar-refractivity contribution in [2.75, 3.05) is 0 Å². The van der Waals surface area contributed by atoms with E-state index in [1.54, 1.807) is 21.8 Å². The molecule has 0 atom stereocenters. The van der Waals surface area contributed by atoms with Gasteiger partial charge in [0, 0.05) is 0 Å². The molecule has 1 N–H and O–H groups in total. The molecule has 0 aliphatic heterocycles. The van der Waals surface area contributed by atoms with E-state index in [1.165, 1.54) is 24.0 Å². The molecule has 0 spiro atoms. The van der Waals surface area contributed by atoms with Crippen LogP contribution >= 0.6 is 0 Å². The molecule has 6 rings (SSSR count). The Kier molecular flexibility index (Phi) is 5.45. The van der Waals surface area contributed by atoms with E-state index < -0.39 is 0 Å². The van der Waals surface area contributed by atoms with Crippen molar-refractivity contribution >= 4 is 39.4 Å². The predicted octanol–water partition coefficient (Wildman–Crippen LogP) is 4.79. The maximum Gasteiger partial charge on any atom is 0.322 e. The molecule has 0 radical (unpaired) electrons. The fourth-order valence-corrected chi connectivity index (χ4v) is 4.76. The Bertz CT molecular complexity index is 1670. The summed E-state index contributed by atoms with van der Waals surface area (Å²) >= 11 is 0. The number of hydrogen-bond donors (Lipinski definition) is 0. The summed E-state index contributed by atoms with van der Waals surface area (Å²) in [7, 11) is 0. The third kappa shape index (κ3) is 4.03. The fourth-order valence-electron chi connectivity index (χ4n) is 4.76. The minimum atomic E-state index is -0.0750. The Morgan fingerprint density at radius 3 is 2.63 bits per heavy atom. The zero-order valence-corrected chi connectivity index (χ0v) is 19.7. The molecule has 3 aromatic heterocycles. The van der Waals surface area contributed by atoms with E-state index in [4.69, 9.17) is 15.1 Å². The number of hydrogen-bond acceptors (Lipinski definition) is 4. The first-order valence-electron chi connectivity index (χ1n) is 12.2. The lowest BCUT2D eigenvalue weighted by atomic mass is 9.97. The summed E-state index contributed by atoms with van der Waals surface area (Å²) in [6, 6.07) is 15.8. The standard InChI is InChI=1S/C28H26N6O/c1-19-11-13-21(14-12-19)17-30-34-26-24(25-27(34)32-23-10-6-5-9-22(23)31-25)28(35)33(18-29-26)16-15-20-7-3-2-4-8-20/h5-7,9-14,17-18H,2-4,8,15-16H2,1H3/p+1/b30-17+. The van der Waals surface area contributed by atoms with E-state index >= 15 is 0 Å². The summed E-state index contributed by atoms with van der Waals surface area (Å²) in [5.74, 6) is 0. The first kappa shape index (κ1) is 21.4. The highest BCUT2D eigenvalue weighted by Crippen LogP contribution is 2.24. The number of H-pyrrole nitrogens is 1. The van der Waals surface area contributed by atoms with Crippen LogP contribution in [-0.2, 0) is 6.54 Å². The topological polar surface area (TPSA) is 79.2 Å². The average molecular weight is 464 g/mol. The summed E-state index contributed by atoms with van der Waals surface area (Å²) in [6.45, 7) is 2.69. The van der Waals surface area contributed by atoms with Gasteiger partial charge in [-0.2, -0.15) is 0 Å². The predicted molar refractivity (Wildman–Crippen MR) is 139 cm³/mol. The van der Waals surface area contributed by atoms with Crippen LogP contribution in [0.25, 0.3) is 33.2 Å². The maximum absolute atomic E-state index is 13.7. The number of aromatic amines is 1. The van der Waals surface area contributed by atoms with Gasteiger partial charge in [-0.1, -0.05) is 53.6 Å². The molecule has 0 bridgehead atoms. The lowest BCUT2D eigenvalue weighted by molar-refractivity contribution is -0.357. The van der Waals surface area contributed by atoms with Gasteiger partial charge in [-0.05, 0) is 56.7 Å². The van der Waals surface area contributed by atoms with E-state index in [2.05, 4.69) is 18.0 Å². The number of rotatable bonds is 5. The van der Waals surface area contributed by atoms with Gasteiger partial charge in [0.2, 0.25) is 5.65 Å². The quantitative estimate of drug-likeness (QED) is 0.278. The molecular formula is C28H27N6O+. The van der Waals surface area contributed by atoms with Crippen molar-refractivity contribution in [3.8, 4) is 0 Å². The van der Waals surface area contributed by atoms with Crippen molar-refractivity contribution in [3.05, 3.63) is 88.0 Å². The van der Waals surface area contributed by atoms with Crippen LogP contribution in [0.5, 0.6) is 0 Å². The molecule has 5 aromatic rings. The number of nitrogens with zero attached hydrogens (tertiary/aromatic N) is 5. The van der Waals surface area contributed by atoms with Crippen LogP contribution in [0, 0.1) is 6.92 Å². The van der Waals surface area contributed by atoms with Crippen molar-refractivity contribution in [1.29, 1.82) is 0 Å². The van der Waals surface area contributed by atoms with Gasteiger partial charge in [-0.15, -0.1) is 9.78 Å². The number of nitrogens with one attached hydrogen (secondary N) is 1. The molecule has 3 heterocycles. The molecule has 2 aromatic carbocycles. The van der Waals surface area contributed by atoms with Crippen LogP contribution in [0.3, 0.4) is 0 Å². The largest absolute Gasteiger partial charge is 0.322 e. The Hall–Kier alpha value is -4.13. The Labute approximate surface area is 202 Å². The molecule has 174 valence electrons. The molecular weight excluding hydrogens is 436 g/mol. The zero-order chi connectivity index (χ0) is 23.8. The van der Waals surface area contributed by atoms with Gasteiger partial charge in [0.05, 0.1) is 23.8 Å². The van der Waals surface area contributed by atoms with Crippen molar-refractivity contribution < 1.29 is 4.98 Å². The Balaban J connectivity index is 1.51. The second-order valence-electron chi connectivity index (χ2n) is 9.21. The number of benzene rings is 2. The van der Waals surface area contributed by atoms with Crippen LogP contribution in [0.2, 0.25) is 0 Å². The monoisotopic (exact) mass is 463 g/mol. The van der Waals surface area contributed by atoms with E-state index in [0.717, 1.165) is 35.9 Å². The molecule has 35 heavy (non-hydrogen) atoms. The van der Waals surface area contributed by atoms with Gasteiger partial charge in [0.15, 0.2) is 11.7 Å². The molecule has 0 amide bonds. The van der Waals surface area contributed by atoms with E-state index in [1.807, 2.05) is 48.5 Å². The van der Waals surface area contributed by atoms with Crippen molar-refractivity contribution in [2.45, 2.75) is 45.6 Å². The Morgan fingerprint density at radius 2 is 1.86 bits per heavy atom. The first-order chi connectivity index (χ1) is 17.2. The molecule has 1 aliphatic carbocycles. The van der Waals surface area contributed by atoms with Crippen LogP contribution in [-0.4, -0.2) is 25.4 Å². The van der Waals surface area contributed by atoms with Crippen LogP contribution in [0.4, 0.5) is 0 Å². The number of aryl methyl sites for hydroxylation is 2. The van der Waals surface area contributed by atoms with Crippen molar-refractivity contribution in [1.82, 2.24) is 19.2 Å². The number of aromatic nitrogens is 5. The van der Waals surface area contributed by atoms with Crippen LogP contribution in [0.1, 0.15) is 43.2 Å². The highest BCUT2D eigenvalue weighted by molar-refractivity contribution is 6.03. The van der Waals surface area contributed by atoms with Gasteiger partial charge in [-0.3, -0.25) is 0 Å². The summed E-state index contributed by atoms with van der Waals surface area (Å²) < 4.78 is 3.45. The average Bonchev–Trinajstić information content (AvgIpc) is 3.20. The normalized spacial score (nSPS) is 14.4. The minimum Gasteiger partial charge on any atom is -0.250 e. The van der Waals surface area contributed by atoms with Crippen molar-refractivity contribution in [3.63, 3.8) is 0 Å². The zero-order valence-electron chi connectivity index (χ0n) is 19.7. The van der Waals surface area contributed by atoms with E-state index in [0.29, 0.717) is 28.7 Å². The van der Waals surface area contributed by atoms with Crippen LogP contribution < -0.4 is 10.5 Å². The summed E-state index contributed by atoms with van der Waals surface area (Å²) in [5, 5.41) is 5.23. The summed E-state index contributed by atoms with van der Waals surface area (Å²) in [6.07, 6.45) is 11.5. The van der Waals surface area contributed by atoms with Gasteiger partial charge in [-0.25, -0.2) is 24.3 Å². The highest BCUT2D eigenvalue weighted by atomic mass is 16.1. The van der Waals surface area contributed by atoms with Gasteiger partial charge < -0.3 is 0 Å². The van der Waals surface area contributed by atoms with E-state index in [-0.39, 0.29) is 5.56 Å². The lowest BCUT2D eigenvalue weighted by Crippen LogP contribution is -2.27.